The minimum Gasteiger partial charge on any atom is -0.345 e. The monoisotopic (exact) mass is 335 g/mol. The standard InChI is InChI=1S/C19H17N3O3/c1-12-11-14(22(24)25)7-8-15(12)19(23)21-13(2)16-9-10-20-18-6-4-3-5-17(16)18/h3-11,13H,1-2H3,(H,21,23). The predicted molar refractivity (Wildman–Crippen MR) is 95.5 cm³/mol. The summed E-state index contributed by atoms with van der Waals surface area (Å²) in [5.74, 6) is -0.263. The van der Waals surface area contributed by atoms with Crippen LogP contribution in [0.1, 0.15) is 34.5 Å². The first kappa shape index (κ1) is 16.6. The molecule has 1 amide bonds. The zero-order chi connectivity index (χ0) is 18.0. The van der Waals surface area contributed by atoms with Gasteiger partial charge < -0.3 is 5.32 Å². The summed E-state index contributed by atoms with van der Waals surface area (Å²) >= 11 is 0. The summed E-state index contributed by atoms with van der Waals surface area (Å²) in [4.78, 5) is 27.2. The quantitative estimate of drug-likeness (QED) is 0.578. The van der Waals surface area contributed by atoms with E-state index in [2.05, 4.69) is 10.3 Å². The third-order valence-corrected chi connectivity index (χ3v) is 4.16. The largest absolute Gasteiger partial charge is 0.345 e. The van der Waals surface area contributed by atoms with Gasteiger partial charge in [-0.15, -0.1) is 0 Å². The van der Waals surface area contributed by atoms with Gasteiger partial charge in [0.25, 0.3) is 11.6 Å². The maximum absolute atomic E-state index is 12.6. The van der Waals surface area contributed by atoms with Crippen molar-refractivity contribution in [3.05, 3.63) is 81.5 Å². The average Bonchev–Trinajstić information content (AvgIpc) is 2.60. The molecule has 1 N–H and O–H groups in total. The maximum Gasteiger partial charge on any atom is 0.269 e. The minimum absolute atomic E-state index is 0.0257. The fourth-order valence-corrected chi connectivity index (χ4v) is 2.86. The van der Waals surface area contributed by atoms with Crippen LogP contribution >= 0.6 is 0 Å². The number of nitro benzene ring substituents is 1. The number of nitrogens with one attached hydrogen (secondary N) is 1. The molecule has 6 nitrogen and oxygen atoms in total. The first-order chi connectivity index (χ1) is 12.0. The van der Waals surface area contributed by atoms with Crippen molar-refractivity contribution in [2.45, 2.75) is 19.9 Å². The topological polar surface area (TPSA) is 85.1 Å². The lowest BCUT2D eigenvalue weighted by Crippen LogP contribution is -2.27. The molecule has 0 aliphatic heterocycles. The van der Waals surface area contributed by atoms with Crippen molar-refractivity contribution in [2.24, 2.45) is 0 Å². The first-order valence-electron chi connectivity index (χ1n) is 7.87. The second-order valence-corrected chi connectivity index (χ2v) is 5.87. The Kier molecular flexibility index (Phi) is 4.43. The molecular weight excluding hydrogens is 318 g/mol. The molecule has 1 heterocycles. The number of pyridine rings is 1. The number of rotatable bonds is 4. The van der Waals surface area contributed by atoms with Crippen molar-refractivity contribution >= 4 is 22.5 Å². The van der Waals surface area contributed by atoms with Gasteiger partial charge in [-0.1, -0.05) is 18.2 Å². The molecule has 0 fully saturated rings. The Hall–Kier alpha value is -3.28. The van der Waals surface area contributed by atoms with Crippen LogP contribution in [0.4, 0.5) is 5.69 Å². The van der Waals surface area contributed by atoms with E-state index in [-0.39, 0.29) is 17.6 Å². The molecule has 1 atom stereocenters. The van der Waals surface area contributed by atoms with Gasteiger partial charge in [0.15, 0.2) is 0 Å². The number of nitrogens with zero attached hydrogens (tertiary/aromatic N) is 2. The van der Waals surface area contributed by atoms with E-state index < -0.39 is 4.92 Å². The number of non-ortho nitro benzene ring substituents is 1. The summed E-state index contributed by atoms with van der Waals surface area (Å²) in [5.41, 5.74) is 2.81. The van der Waals surface area contributed by atoms with Gasteiger partial charge >= 0.3 is 0 Å². The molecule has 0 bridgehead atoms. The van der Waals surface area contributed by atoms with E-state index in [1.165, 1.54) is 18.2 Å². The number of aryl methyl sites for hydroxylation is 1. The predicted octanol–water partition coefficient (Wildman–Crippen LogP) is 3.94. The fraction of sp³-hybridized carbons (Fsp3) is 0.158. The number of fused-ring (bicyclic) bond motifs is 1. The summed E-state index contributed by atoms with van der Waals surface area (Å²) in [6, 6.07) is 13.6. The number of carbonyl (C=O) groups is 1. The Morgan fingerprint density at radius 2 is 1.96 bits per heavy atom. The van der Waals surface area contributed by atoms with Gasteiger partial charge in [-0.3, -0.25) is 19.9 Å². The average molecular weight is 335 g/mol. The van der Waals surface area contributed by atoms with Gasteiger partial charge in [-0.05, 0) is 43.2 Å². The SMILES string of the molecule is Cc1cc([N+](=O)[O-])ccc1C(=O)NC(C)c1ccnc2ccccc12. The molecule has 3 aromatic rings. The lowest BCUT2D eigenvalue weighted by molar-refractivity contribution is -0.384. The number of amides is 1. The van der Waals surface area contributed by atoms with Crippen LogP contribution < -0.4 is 5.32 Å². The zero-order valence-electron chi connectivity index (χ0n) is 13.9. The van der Waals surface area contributed by atoms with E-state index in [4.69, 9.17) is 0 Å². The zero-order valence-corrected chi connectivity index (χ0v) is 13.9. The molecule has 126 valence electrons. The fourth-order valence-electron chi connectivity index (χ4n) is 2.86. The third-order valence-electron chi connectivity index (χ3n) is 4.16. The highest BCUT2D eigenvalue weighted by atomic mass is 16.6. The highest BCUT2D eigenvalue weighted by Gasteiger charge is 2.17. The number of benzene rings is 2. The molecule has 25 heavy (non-hydrogen) atoms. The van der Waals surface area contributed by atoms with Gasteiger partial charge in [0.2, 0.25) is 0 Å². The Balaban J connectivity index is 1.86. The number of hydrogen-bond donors (Lipinski definition) is 1. The van der Waals surface area contributed by atoms with Crippen LogP contribution in [0.2, 0.25) is 0 Å². The highest BCUT2D eigenvalue weighted by molar-refractivity contribution is 5.96. The maximum atomic E-state index is 12.6. The van der Waals surface area contributed by atoms with Crippen molar-refractivity contribution in [1.29, 1.82) is 0 Å². The van der Waals surface area contributed by atoms with Crippen molar-refractivity contribution < 1.29 is 9.72 Å². The van der Waals surface area contributed by atoms with Crippen molar-refractivity contribution in [1.82, 2.24) is 10.3 Å². The number of aromatic nitrogens is 1. The number of carbonyl (C=O) groups excluding carboxylic acids is 1. The van der Waals surface area contributed by atoms with Crippen LogP contribution in [-0.2, 0) is 0 Å². The molecule has 0 aliphatic carbocycles. The second kappa shape index (κ2) is 6.68. The Labute approximate surface area is 144 Å². The molecule has 1 unspecified atom stereocenters. The number of hydrogen-bond acceptors (Lipinski definition) is 4. The lowest BCUT2D eigenvalue weighted by Gasteiger charge is -2.17. The van der Waals surface area contributed by atoms with Gasteiger partial charge in [0.05, 0.1) is 16.5 Å². The van der Waals surface area contributed by atoms with E-state index in [0.29, 0.717) is 11.1 Å². The lowest BCUT2D eigenvalue weighted by atomic mass is 10.0. The van der Waals surface area contributed by atoms with Crippen molar-refractivity contribution in [3.8, 4) is 0 Å². The van der Waals surface area contributed by atoms with Crippen molar-refractivity contribution in [2.75, 3.05) is 0 Å². The van der Waals surface area contributed by atoms with Crippen LogP contribution in [0.5, 0.6) is 0 Å². The molecular formula is C19H17N3O3. The molecule has 0 aliphatic rings. The van der Waals surface area contributed by atoms with E-state index in [1.807, 2.05) is 37.3 Å². The van der Waals surface area contributed by atoms with Crippen LogP contribution in [0, 0.1) is 17.0 Å². The summed E-state index contributed by atoms with van der Waals surface area (Å²) in [7, 11) is 0. The number of para-hydroxylation sites is 1. The van der Waals surface area contributed by atoms with Gasteiger partial charge in [-0.25, -0.2) is 0 Å². The van der Waals surface area contributed by atoms with E-state index >= 15 is 0 Å². The molecule has 6 heteroatoms. The molecule has 0 radical (unpaired) electrons. The van der Waals surface area contributed by atoms with Crippen LogP contribution in [0.25, 0.3) is 10.9 Å². The smallest absolute Gasteiger partial charge is 0.269 e. The first-order valence-corrected chi connectivity index (χ1v) is 7.87. The minimum atomic E-state index is -0.472. The Bertz CT molecular complexity index is 964. The van der Waals surface area contributed by atoms with Crippen LogP contribution in [0.15, 0.2) is 54.7 Å². The van der Waals surface area contributed by atoms with Gasteiger partial charge in [0, 0.05) is 29.3 Å². The Morgan fingerprint density at radius 1 is 1.20 bits per heavy atom. The van der Waals surface area contributed by atoms with Crippen molar-refractivity contribution in [3.63, 3.8) is 0 Å². The summed E-state index contributed by atoms with van der Waals surface area (Å²) in [6.45, 7) is 3.59. The molecule has 0 saturated heterocycles. The normalized spacial score (nSPS) is 11.9. The van der Waals surface area contributed by atoms with Gasteiger partial charge in [0.1, 0.15) is 0 Å². The van der Waals surface area contributed by atoms with E-state index in [9.17, 15) is 14.9 Å². The highest BCUT2D eigenvalue weighted by Crippen LogP contribution is 2.23. The summed E-state index contributed by atoms with van der Waals surface area (Å²) in [5, 5.41) is 14.8. The molecule has 0 spiro atoms. The van der Waals surface area contributed by atoms with Crippen LogP contribution in [-0.4, -0.2) is 15.8 Å². The van der Waals surface area contributed by atoms with Crippen LogP contribution in [0.3, 0.4) is 0 Å². The molecule has 1 aromatic heterocycles. The third kappa shape index (κ3) is 3.33. The molecule has 3 rings (SSSR count). The summed E-state index contributed by atoms with van der Waals surface area (Å²) < 4.78 is 0. The summed E-state index contributed by atoms with van der Waals surface area (Å²) in [6.07, 6.45) is 1.72. The molecule has 0 saturated carbocycles. The van der Waals surface area contributed by atoms with Gasteiger partial charge in [-0.2, -0.15) is 0 Å². The Morgan fingerprint density at radius 3 is 2.68 bits per heavy atom. The van der Waals surface area contributed by atoms with E-state index in [0.717, 1.165) is 16.5 Å². The second-order valence-electron chi connectivity index (χ2n) is 5.87. The molecule has 2 aromatic carbocycles. The van der Waals surface area contributed by atoms with E-state index in [1.54, 1.807) is 13.1 Å². The number of nitro groups is 1.